The average Bonchev–Trinajstić information content (AvgIpc) is 3.40. The van der Waals surface area contributed by atoms with Crippen LogP contribution < -0.4 is 10.6 Å². The highest BCUT2D eigenvalue weighted by molar-refractivity contribution is 6.45. The molecule has 0 aromatic rings. The van der Waals surface area contributed by atoms with Crippen molar-refractivity contribution in [1.29, 1.82) is 0 Å². The molecule has 0 spiro atoms. The van der Waals surface area contributed by atoms with Crippen molar-refractivity contribution in [3.05, 3.63) is 0 Å². The van der Waals surface area contributed by atoms with Crippen LogP contribution in [0, 0.1) is 35.0 Å². The van der Waals surface area contributed by atoms with Crippen LogP contribution in [0.1, 0.15) is 100 Å². The molecule has 8 nitrogen and oxygen atoms in total. The zero-order valence-corrected chi connectivity index (χ0v) is 25.2. The Labute approximate surface area is 234 Å². The van der Waals surface area contributed by atoms with Crippen LogP contribution in [-0.4, -0.2) is 53.8 Å². The summed E-state index contributed by atoms with van der Waals surface area (Å²) in [5.41, 5.74) is -1.31. The van der Waals surface area contributed by atoms with Crippen LogP contribution in [0.2, 0.25) is 6.32 Å². The minimum absolute atomic E-state index is 0.0553. The largest absolute Gasteiger partial charge is 0.463 e. The standard InChI is InChI=1S/C30H49BN2O6/c1-17(34)32-30(26(36)33-27(3,4)5)16-19-12-21(37-18(2)35)15-22(19)23(30)10-9-11-31-38-25-14-20-13-24(28(20,6)7)29(25,8)39-31/h19-25H,9-16H2,1-8H3,(H,32,34)(H,33,36)/t19-,20+,21+,22-,23+,24+,25-,29+,30+/m1/s1. The summed E-state index contributed by atoms with van der Waals surface area (Å²) in [4.78, 5) is 38.1. The van der Waals surface area contributed by atoms with Gasteiger partial charge in [-0.3, -0.25) is 14.4 Å². The number of fused-ring (bicyclic) bond motifs is 1. The van der Waals surface area contributed by atoms with Crippen LogP contribution in [0.15, 0.2) is 0 Å². The maximum Gasteiger partial charge on any atom is 0.457 e. The average molecular weight is 545 g/mol. The summed E-state index contributed by atoms with van der Waals surface area (Å²) in [7, 11) is -0.233. The van der Waals surface area contributed by atoms with Gasteiger partial charge in [-0.1, -0.05) is 20.3 Å². The fourth-order valence-corrected chi connectivity index (χ4v) is 9.36. The molecule has 9 heteroatoms. The van der Waals surface area contributed by atoms with Gasteiger partial charge >= 0.3 is 13.1 Å². The van der Waals surface area contributed by atoms with Crippen LogP contribution in [-0.2, 0) is 28.4 Å². The molecule has 9 atom stereocenters. The van der Waals surface area contributed by atoms with E-state index in [0.717, 1.165) is 38.4 Å². The molecule has 5 aliphatic carbocycles. The van der Waals surface area contributed by atoms with Gasteiger partial charge in [0.05, 0.1) is 11.7 Å². The van der Waals surface area contributed by atoms with E-state index in [1.807, 2.05) is 20.8 Å². The van der Waals surface area contributed by atoms with Gasteiger partial charge in [0, 0.05) is 19.4 Å². The first kappa shape index (κ1) is 28.9. The molecule has 0 aromatic carbocycles. The van der Waals surface area contributed by atoms with Crippen molar-refractivity contribution in [3.63, 3.8) is 0 Å². The lowest BCUT2D eigenvalue weighted by Gasteiger charge is -2.64. The number of ether oxygens (including phenoxy) is 1. The van der Waals surface area contributed by atoms with E-state index in [4.69, 9.17) is 14.0 Å². The van der Waals surface area contributed by atoms with E-state index in [2.05, 4.69) is 31.4 Å². The Balaban J connectivity index is 1.31. The molecule has 0 radical (unpaired) electrons. The molecule has 6 fully saturated rings. The molecule has 5 saturated carbocycles. The van der Waals surface area contributed by atoms with Gasteiger partial charge in [-0.15, -0.1) is 0 Å². The predicted octanol–water partition coefficient (Wildman–Crippen LogP) is 4.26. The Morgan fingerprint density at radius 1 is 1.05 bits per heavy atom. The number of nitrogens with one attached hydrogen (secondary N) is 2. The molecule has 1 heterocycles. The lowest BCUT2D eigenvalue weighted by molar-refractivity contribution is -0.199. The Hall–Kier alpha value is -1.61. The quantitative estimate of drug-likeness (QED) is 0.367. The van der Waals surface area contributed by atoms with Gasteiger partial charge in [-0.25, -0.2) is 0 Å². The maximum absolute atomic E-state index is 13.9. The number of esters is 1. The first-order valence-corrected chi connectivity index (χ1v) is 15.2. The Kier molecular flexibility index (Phi) is 7.22. The summed E-state index contributed by atoms with van der Waals surface area (Å²) in [5.74, 6) is 1.04. The molecular formula is C30H49BN2O6. The van der Waals surface area contributed by atoms with Crippen molar-refractivity contribution in [3.8, 4) is 0 Å². The number of amides is 2. The molecule has 6 aliphatic rings. The minimum Gasteiger partial charge on any atom is -0.463 e. The number of carbonyl (C=O) groups excluding carboxylic acids is 3. The second-order valence-electron chi connectivity index (χ2n) is 15.1. The molecule has 6 rings (SSSR count). The summed E-state index contributed by atoms with van der Waals surface area (Å²) < 4.78 is 18.7. The third kappa shape index (κ3) is 5.04. The molecule has 218 valence electrons. The molecule has 0 unspecified atom stereocenters. The van der Waals surface area contributed by atoms with Gasteiger partial charge in [0.2, 0.25) is 11.8 Å². The maximum atomic E-state index is 13.9. The van der Waals surface area contributed by atoms with E-state index in [1.165, 1.54) is 20.3 Å². The van der Waals surface area contributed by atoms with Crippen LogP contribution in [0.25, 0.3) is 0 Å². The van der Waals surface area contributed by atoms with Crippen molar-refractivity contribution in [2.45, 2.75) is 136 Å². The highest BCUT2D eigenvalue weighted by atomic mass is 16.7. The molecule has 1 aliphatic heterocycles. The van der Waals surface area contributed by atoms with E-state index in [0.29, 0.717) is 23.7 Å². The molecule has 2 N–H and O–H groups in total. The highest BCUT2D eigenvalue weighted by Crippen LogP contribution is 2.66. The van der Waals surface area contributed by atoms with Crippen LogP contribution in [0.3, 0.4) is 0 Å². The normalized spacial score (nSPS) is 41.8. The fourth-order valence-electron chi connectivity index (χ4n) is 9.36. The molecule has 1 saturated heterocycles. The second-order valence-corrected chi connectivity index (χ2v) is 15.1. The van der Waals surface area contributed by atoms with Gasteiger partial charge in [-0.05, 0) is 108 Å². The number of carbonyl (C=O) groups is 3. The molecule has 2 bridgehead atoms. The summed E-state index contributed by atoms with van der Waals surface area (Å²) in [6, 6.07) is 0. The van der Waals surface area contributed by atoms with E-state index < -0.39 is 11.1 Å². The van der Waals surface area contributed by atoms with Crippen molar-refractivity contribution >= 4 is 24.9 Å². The van der Waals surface area contributed by atoms with Gasteiger partial charge < -0.3 is 24.7 Å². The first-order chi connectivity index (χ1) is 18.0. The number of hydrogen-bond donors (Lipinski definition) is 2. The highest BCUT2D eigenvalue weighted by Gasteiger charge is 2.68. The number of rotatable bonds is 7. The Bertz CT molecular complexity index is 1010. The van der Waals surface area contributed by atoms with Crippen molar-refractivity contribution in [1.82, 2.24) is 10.6 Å². The third-order valence-electron chi connectivity index (χ3n) is 11.0. The lowest BCUT2D eigenvalue weighted by Crippen LogP contribution is -2.65. The van der Waals surface area contributed by atoms with E-state index in [1.54, 1.807) is 0 Å². The van der Waals surface area contributed by atoms with Crippen molar-refractivity contribution in [2.24, 2.45) is 35.0 Å². The third-order valence-corrected chi connectivity index (χ3v) is 11.0. The van der Waals surface area contributed by atoms with Crippen LogP contribution in [0.4, 0.5) is 0 Å². The lowest BCUT2D eigenvalue weighted by atomic mass is 9.43. The summed E-state index contributed by atoms with van der Waals surface area (Å²) >= 11 is 0. The summed E-state index contributed by atoms with van der Waals surface area (Å²) in [5, 5.41) is 6.31. The zero-order chi connectivity index (χ0) is 28.5. The zero-order valence-electron chi connectivity index (χ0n) is 25.2. The van der Waals surface area contributed by atoms with Gasteiger partial charge in [0.15, 0.2) is 0 Å². The van der Waals surface area contributed by atoms with E-state index in [-0.39, 0.29) is 60.5 Å². The van der Waals surface area contributed by atoms with Gasteiger partial charge in [0.25, 0.3) is 0 Å². The molecule has 39 heavy (non-hydrogen) atoms. The Morgan fingerprint density at radius 3 is 2.38 bits per heavy atom. The summed E-state index contributed by atoms with van der Waals surface area (Å²) in [6.07, 6.45) is 6.73. The molecule has 0 aromatic heterocycles. The Morgan fingerprint density at radius 2 is 1.77 bits per heavy atom. The van der Waals surface area contributed by atoms with Crippen LogP contribution >= 0.6 is 0 Å². The van der Waals surface area contributed by atoms with E-state index in [9.17, 15) is 14.4 Å². The second kappa shape index (κ2) is 9.75. The van der Waals surface area contributed by atoms with Gasteiger partial charge in [-0.2, -0.15) is 0 Å². The minimum atomic E-state index is -0.974. The fraction of sp³-hybridized carbons (Fsp3) is 0.900. The first-order valence-electron chi connectivity index (χ1n) is 15.2. The van der Waals surface area contributed by atoms with Crippen molar-refractivity contribution in [2.75, 3.05) is 0 Å². The smallest absolute Gasteiger partial charge is 0.457 e. The molecule has 2 amide bonds. The monoisotopic (exact) mass is 544 g/mol. The van der Waals surface area contributed by atoms with Crippen molar-refractivity contribution < 1.29 is 28.4 Å². The van der Waals surface area contributed by atoms with E-state index >= 15 is 0 Å². The summed E-state index contributed by atoms with van der Waals surface area (Å²) in [6.45, 7) is 15.8. The topological polar surface area (TPSA) is 103 Å². The van der Waals surface area contributed by atoms with Crippen LogP contribution in [0.5, 0.6) is 0 Å². The van der Waals surface area contributed by atoms with Gasteiger partial charge in [0.1, 0.15) is 11.6 Å². The number of hydrogen-bond acceptors (Lipinski definition) is 6. The molecular weight excluding hydrogens is 495 g/mol. The SMILES string of the molecule is CC(=O)N[C@@]1(C(=O)NC(C)(C)C)C[C@H]2C[C@H](OC(C)=O)C[C@H]2[C@@H]1CCCB1O[C@@H]2C[C@@H]3C[C@@H](C3(C)C)[C@]2(C)O1. The predicted molar refractivity (Wildman–Crippen MR) is 148 cm³/mol.